The van der Waals surface area contributed by atoms with Gasteiger partial charge in [-0.3, -0.25) is 0 Å². The molecule has 2 rings (SSSR count). The number of aryl methyl sites for hydroxylation is 1. The summed E-state index contributed by atoms with van der Waals surface area (Å²) < 4.78 is 0. The second-order valence-corrected chi connectivity index (χ2v) is 5.15. The maximum Gasteiger partial charge on any atom is 0.0456 e. The van der Waals surface area contributed by atoms with Crippen LogP contribution >= 0.6 is 0 Å². The summed E-state index contributed by atoms with van der Waals surface area (Å²) in [5.74, 6) is 0. The summed E-state index contributed by atoms with van der Waals surface area (Å²) in [4.78, 5) is 2.25. The van der Waals surface area contributed by atoms with Crippen LogP contribution < -0.4 is 10.2 Å². The number of nitrogens with zero attached hydrogens (tertiary/aromatic N) is 1. The first-order valence-electron chi connectivity index (χ1n) is 7.26. The normalized spacial score (nSPS) is 12.2. The fourth-order valence-electron chi connectivity index (χ4n) is 2.41. The van der Waals surface area contributed by atoms with E-state index >= 15 is 0 Å². The zero-order valence-electron chi connectivity index (χ0n) is 12.9. The van der Waals surface area contributed by atoms with Crippen molar-refractivity contribution < 1.29 is 0 Å². The Kier molecular flexibility index (Phi) is 4.80. The second kappa shape index (κ2) is 6.58. The largest absolute Gasteiger partial charge is 0.344 e. The fourth-order valence-corrected chi connectivity index (χ4v) is 2.41. The summed E-state index contributed by atoms with van der Waals surface area (Å²) in [6.45, 7) is 4.37. The minimum absolute atomic E-state index is 0.337. The van der Waals surface area contributed by atoms with Crippen LogP contribution in [0.1, 0.15) is 31.0 Å². The standard InChI is InChI=1S/C18H24N2/c1-5-15-10-12-16(13-11-15)20(4)18-9-7-6-8-17(18)14(2)19-3/h6-14,19H,5H2,1-4H3. The summed E-state index contributed by atoms with van der Waals surface area (Å²) in [6.07, 6.45) is 1.08. The minimum Gasteiger partial charge on any atom is -0.344 e. The molecule has 106 valence electrons. The molecule has 1 N–H and O–H groups in total. The first-order valence-corrected chi connectivity index (χ1v) is 7.26. The smallest absolute Gasteiger partial charge is 0.0456 e. The van der Waals surface area contributed by atoms with Crippen LogP contribution in [0.15, 0.2) is 48.5 Å². The molecular weight excluding hydrogens is 244 g/mol. The average molecular weight is 268 g/mol. The van der Waals surface area contributed by atoms with E-state index in [4.69, 9.17) is 0 Å². The zero-order chi connectivity index (χ0) is 14.5. The van der Waals surface area contributed by atoms with Crippen LogP contribution in [0.3, 0.4) is 0 Å². The molecule has 1 unspecified atom stereocenters. The van der Waals surface area contributed by atoms with Crippen LogP contribution in [0.25, 0.3) is 0 Å². The van der Waals surface area contributed by atoms with E-state index < -0.39 is 0 Å². The molecule has 20 heavy (non-hydrogen) atoms. The number of hydrogen-bond acceptors (Lipinski definition) is 2. The van der Waals surface area contributed by atoms with E-state index in [2.05, 4.69) is 79.6 Å². The number of nitrogens with one attached hydrogen (secondary N) is 1. The first-order chi connectivity index (χ1) is 9.67. The monoisotopic (exact) mass is 268 g/mol. The number of rotatable bonds is 5. The van der Waals surface area contributed by atoms with Crippen molar-refractivity contribution in [2.45, 2.75) is 26.3 Å². The first kappa shape index (κ1) is 14.6. The van der Waals surface area contributed by atoms with Gasteiger partial charge in [-0.2, -0.15) is 0 Å². The highest BCUT2D eigenvalue weighted by Gasteiger charge is 2.12. The summed E-state index contributed by atoms with van der Waals surface area (Å²) in [5, 5.41) is 3.32. The number of anilines is 2. The van der Waals surface area contributed by atoms with Gasteiger partial charge < -0.3 is 10.2 Å². The van der Waals surface area contributed by atoms with Gasteiger partial charge in [0.15, 0.2) is 0 Å². The summed E-state index contributed by atoms with van der Waals surface area (Å²) in [6, 6.07) is 17.7. The van der Waals surface area contributed by atoms with Crippen molar-refractivity contribution in [1.29, 1.82) is 0 Å². The summed E-state index contributed by atoms with van der Waals surface area (Å²) >= 11 is 0. The van der Waals surface area contributed by atoms with Crippen molar-refractivity contribution in [3.63, 3.8) is 0 Å². The number of benzene rings is 2. The van der Waals surface area contributed by atoms with Gasteiger partial charge in [-0.15, -0.1) is 0 Å². The Morgan fingerprint density at radius 1 is 1.05 bits per heavy atom. The molecule has 0 aliphatic carbocycles. The van der Waals surface area contributed by atoms with Gasteiger partial charge in [0, 0.05) is 24.5 Å². The Morgan fingerprint density at radius 2 is 1.70 bits per heavy atom. The van der Waals surface area contributed by atoms with E-state index in [-0.39, 0.29) is 0 Å². The van der Waals surface area contributed by atoms with Gasteiger partial charge in [0.1, 0.15) is 0 Å². The highest BCUT2D eigenvalue weighted by molar-refractivity contribution is 5.66. The molecule has 0 saturated carbocycles. The fraction of sp³-hybridized carbons (Fsp3) is 0.333. The van der Waals surface area contributed by atoms with E-state index in [9.17, 15) is 0 Å². The van der Waals surface area contributed by atoms with Crippen LogP contribution in [-0.2, 0) is 6.42 Å². The van der Waals surface area contributed by atoms with Crippen molar-refractivity contribution in [3.05, 3.63) is 59.7 Å². The molecule has 2 heteroatoms. The van der Waals surface area contributed by atoms with Crippen molar-refractivity contribution in [1.82, 2.24) is 5.32 Å². The molecule has 0 aliphatic rings. The van der Waals surface area contributed by atoms with Gasteiger partial charge in [-0.05, 0) is 49.7 Å². The predicted octanol–water partition coefficient (Wildman–Crippen LogP) is 4.30. The zero-order valence-corrected chi connectivity index (χ0v) is 12.9. The van der Waals surface area contributed by atoms with Crippen molar-refractivity contribution in [2.24, 2.45) is 0 Å². The maximum absolute atomic E-state index is 3.32. The molecule has 0 amide bonds. The van der Waals surface area contributed by atoms with Crippen LogP contribution in [0.5, 0.6) is 0 Å². The van der Waals surface area contributed by atoms with E-state index in [1.54, 1.807) is 0 Å². The molecule has 2 aromatic carbocycles. The second-order valence-electron chi connectivity index (χ2n) is 5.15. The van der Waals surface area contributed by atoms with E-state index in [0.717, 1.165) is 6.42 Å². The van der Waals surface area contributed by atoms with Gasteiger partial charge in [-0.1, -0.05) is 37.3 Å². The predicted molar refractivity (Wildman–Crippen MR) is 87.8 cm³/mol. The lowest BCUT2D eigenvalue weighted by Gasteiger charge is -2.25. The molecule has 0 saturated heterocycles. The van der Waals surface area contributed by atoms with Crippen molar-refractivity contribution in [3.8, 4) is 0 Å². The Balaban J connectivity index is 2.34. The topological polar surface area (TPSA) is 15.3 Å². The van der Waals surface area contributed by atoms with Crippen LogP contribution in [-0.4, -0.2) is 14.1 Å². The molecular formula is C18H24N2. The SMILES string of the molecule is CCc1ccc(N(C)c2ccccc2C(C)NC)cc1. The molecule has 2 nitrogen and oxygen atoms in total. The quantitative estimate of drug-likeness (QED) is 0.870. The van der Waals surface area contributed by atoms with Gasteiger partial charge in [0.25, 0.3) is 0 Å². The Hall–Kier alpha value is -1.80. The molecule has 1 atom stereocenters. The third kappa shape index (κ3) is 3.02. The summed E-state index contributed by atoms with van der Waals surface area (Å²) in [7, 11) is 4.12. The highest BCUT2D eigenvalue weighted by atomic mass is 15.1. The highest BCUT2D eigenvalue weighted by Crippen LogP contribution is 2.30. The van der Waals surface area contributed by atoms with Crippen molar-refractivity contribution >= 4 is 11.4 Å². The van der Waals surface area contributed by atoms with E-state index in [1.807, 2.05) is 7.05 Å². The lowest BCUT2D eigenvalue weighted by Crippen LogP contribution is -2.18. The molecule has 0 heterocycles. The molecule has 0 radical (unpaired) electrons. The van der Waals surface area contributed by atoms with Crippen LogP contribution in [0.2, 0.25) is 0 Å². The molecule has 0 fully saturated rings. The van der Waals surface area contributed by atoms with Gasteiger partial charge >= 0.3 is 0 Å². The maximum atomic E-state index is 3.32. The molecule has 2 aromatic rings. The minimum atomic E-state index is 0.337. The van der Waals surface area contributed by atoms with Gasteiger partial charge in [-0.25, -0.2) is 0 Å². The number of hydrogen-bond donors (Lipinski definition) is 1. The Morgan fingerprint density at radius 3 is 2.30 bits per heavy atom. The Bertz CT molecular complexity index is 546. The van der Waals surface area contributed by atoms with Crippen LogP contribution in [0.4, 0.5) is 11.4 Å². The lowest BCUT2D eigenvalue weighted by atomic mass is 10.0. The van der Waals surface area contributed by atoms with E-state index in [0.29, 0.717) is 6.04 Å². The molecule has 0 aliphatic heterocycles. The molecule has 0 aromatic heterocycles. The van der Waals surface area contributed by atoms with Gasteiger partial charge in [0.2, 0.25) is 0 Å². The van der Waals surface area contributed by atoms with Gasteiger partial charge in [0.05, 0.1) is 0 Å². The number of para-hydroxylation sites is 1. The Labute approximate surface area is 122 Å². The molecule has 0 spiro atoms. The van der Waals surface area contributed by atoms with Crippen molar-refractivity contribution in [2.75, 3.05) is 19.0 Å². The van der Waals surface area contributed by atoms with Crippen LogP contribution in [0, 0.1) is 0 Å². The molecule has 0 bridgehead atoms. The third-order valence-corrected chi connectivity index (χ3v) is 3.93. The summed E-state index contributed by atoms with van der Waals surface area (Å²) in [5.41, 5.74) is 5.16. The van der Waals surface area contributed by atoms with E-state index in [1.165, 1.54) is 22.5 Å². The lowest BCUT2D eigenvalue weighted by molar-refractivity contribution is 0.652. The average Bonchev–Trinajstić information content (AvgIpc) is 2.53. The third-order valence-electron chi connectivity index (χ3n) is 3.93.